The summed E-state index contributed by atoms with van der Waals surface area (Å²) in [6.07, 6.45) is 2.83. The van der Waals surface area contributed by atoms with E-state index >= 15 is 0 Å². The van der Waals surface area contributed by atoms with E-state index in [0.29, 0.717) is 24.3 Å². The lowest BCUT2D eigenvalue weighted by molar-refractivity contribution is -0.133. The summed E-state index contributed by atoms with van der Waals surface area (Å²) in [5.74, 6) is -0.193. The number of hydrogen-bond donors (Lipinski definition) is 0. The summed E-state index contributed by atoms with van der Waals surface area (Å²) in [5, 5.41) is 0. The first-order chi connectivity index (χ1) is 17.4. The molecule has 0 spiro atoms. The van der Waals surface area contributed by atoms with Crippen molar-refractivity contribution in [3.63, 3.8) is 0 Å². The molecule has 36 heavy (non-hydrogen) atoms. The fourth-order valence-electron chi connectivity index (χ4n) is 5.54. The Hall–Kier alpha value is -3.39. The van der Waals surface area contributed by atoms with Crippen LogP contribution in [-0.2, 0) is 16.1 Å². The summed E-state index contributed by atoms with van der Waals surface area (Å²) in [5.41, 5.74) is 3.40. The average molecular weight is 490 g/mol. The summed E-state index contributed by atoms with van der Waals surface area (Å²) in [4.78, 5) is 49.2. The Morgan fingerprint density at radius 2 is 1.67 bits per heavy atom. The van der Waals surface area contributed by atoms with E-state index in [2.05, 4.69) is 21.9 Å². The van der Waals surface area contributed by atoms with Gasteiger partial charge in [-0.2, -0.15) is 0 Å². The fraction of sp³-hybridized carbons (Fsp3) is 0.464. The molecule has 0 N–H and O–H groups in total. The molecule has 0 aromatic heterocycles. The molecule has 190 valence electrons. The Kier molecular flexibility index (Phi) is 6.96. The molecule has 1 atom stereocenters. The molecule has 2 saturated heterocycles. The van der Waals surface area contributed by atoms with Crippen LogP contribution in [0.15, 0.2) is 48.5 Å². The first-order valence-electron chi connectivity index (χ1n) is 12.9. The first kappa shape index (κ1) is 24.3. The van der Waals surface area contributed by atoms with Crippen molar-refractivity contribution < 1.29 is 14.4 Å². The lowest BCUT2D eigenvalue weighted by Gasteiger charge is -2.45. The number of rotatable bonds is 5. The quantitative estimate of drug-likeness (QED) is 0.646. The highest BCUT2D eigenvalue weighted by atomic mass is 16.2. The van der Waals surface area contributed by atoms with Crippen molar-refractivity contribution in [1.29, 1.82) is 0 Å². The van der Waals surface area contributed by atoms with Gasteiger partial charge >= 0.3 is 0 Å². The molecule has 3 heterocycles. The Labute approximate surface area is 213 Å². The normalized spacial score (nSPS) is 20.1. The molecule has 5 rings (SSSR count). The monoisotopic (exact) mass is 489 g/mol. The van der Waals surface area contributed by atoms with Crippen molar-refractivity contribution in [3.05, 3.63) is 59.7 Å². The smallest absolute Gasteiger partial charge is 0.253 e. The number of nitrogens with zero attached hydrogens (tertiary/aromatic N) is 5. The third-order valence-electron chi connectivity index (χ3n) is 7.55. The predicted octanol–water partition coefficient (Wildman–Crippen LogP) is 2.44. The average Bonchev–Trinajstić information content (AvgIpc) is 2.91. The minimum absolute atomic E-state index is 0.00840. The maximum absolute atomic E-state index is 13.6. The van der Waals surface area contributed by atoms with Crippen LogP contribution in [-0.4, -0.2) is 91.8 Å². The van der Waals surface area contributed by atoms with Gasteiger partial charge < -0.3 is 14.7 Å². The minimum Gasteiger partial charge on any atom is -0.358 e. The van der Waals surface area contributed by atoms with Gasteiger partial charge in [0.25, 0.3) is 5.91 Å². The zero-order valence-corrected chi connectivity index (χ0v) is 21.2. The van der Waals surface area contributed by atoms with Crippen molar-refractivity contribution in [3.8, 4) is 0 Å². The second kappa shape index (κ2) is 10.3. The SMILES string of the molecule is CN(C)C(=O)c1ccc2c(c1)N(CC(=O)N1CCN(Cc3ccccc3)CC1)C(=O)C1CCCCN21. The highest BCUT2D eigenvalue weighted by Gasteiger charge is 2.41. The van der Waals surface area contributed by atoms with E-state index in [9.17, 15) is 14.4 Å². The third kappa shape index (κ3) is 4.82. The van der Waals surface area contributed by atoms with Crippen LogP contribution < -0.4 is 9.80 Å². The second-order valence-electron chi connectivity index (χ2n) is 10.2. The number of fused-ring (bicyclic) bond motifs is 3. The molecule has 2 aromatic rings. The van der Waals surface area contributed by atoms with Gasteiger partial charge in [-0.15, -0.1) is 0 Å². The number of piperazine rings is 1. The standard InChI is InChI=1S/C28H35N5O3/c1-29(2)27(35)22-11-12-23-25(18-22)33(28(36)24-10-6-7-13-32(23)24)20-26(34)31-16-14-30(15-17-31)19-21-8-4-3-5-9-21/h3-5,8-9,11-12,18,24H,6-7,10,13-17,19-20H2,1-2H3. The minimum atomic E-state index is -0.239. The van der Waals surface area contributed by atoms with Crippen LogP contribution in [0.2, 0.25) is 0 Å². The summed E-state index contributed by atoms with van der Waals surface area (Å²) >= 11 is 0. The molecule has 8 nitrogen and oxygen atoms in total. The van der Waals surface area contributed by atoms with E-state index < -0.39 is 0 Å². The molecule has 0 saturated carbocycles. The van der Waals surface area contributed by atoms with Crippen LogP contribution in [0, 0.1) is 0 Å². The molecule has 3 amide bonds. The van der Waals surface area contributed by atoms with Gasteiger partial charge in [0.05, 0.1) is 11.4 Å². The summed E-state index contributed by atoms with van der Waals surface area (Å²) in [6, 6.07) is 15.7. The summed E-state index contributed by atoms with van der Waals surface area (Å²) < 4.78 is 0. The number of piperidine rings is 1. The molecular formula is C28H35N5O3. The molecule has 3 aliphatic rings. The van der Waals surface area contributed by atoms with E-state index in [1.165, 1.54) is 10.5 Å². The number of hydrogen-bond acceptors (Lipinski definition) is 5. The zero-order valence-electron chi connectivity index (χ0n) is 21.2. The van der Waals surface area contributed by atoms with Gasteiger partial charge in [-0.3, -0.25) is 24.2 Å². The predicted molar refractivity (Wildman–Crippen MR) is 140 cm³/mol. The number of carbonyl (C=O) groups excluding carboxylic acids is 3. The maximum Gasteiger partial charge on any atom is 0.253 e. The van der Waals surface area contributed by atoms with Crippen LogP contribution >= 0.6 is 0 Å². The molecular weight excluding hydrogens is 454 g/mol. The Morgan fingerprint density at radius 3 is 2.39 bits per heavy atom. The van der Waals surface area contributed by atoms with Gasteiger partial charge in [0.15, 0.2) is 0 Å². The molecule has 0 radical (unpaired) electrons. The number of carbonyl (C=O) groups is 3. The van der Waals surface area contributed by atoms with Gasteiger partial charge in [-0.25, -0.2) is 0 Å². The Bertz CT molecular complexity index is 1130. The molecule has 2 aromatic carbocycles. The number of anilines is 2. The van der Waals surface area contributed by atoms with Crippen LogP contribution in [0.4, 0.5) is 11.4 Å². The molecule has 2 fully saturated rings. The number of benzene rings is 2. The highest BCUT2D eigenvalue weighted by molar-refractivity contribution is 6.09. The third-order valence-corrected chi connectivity index (χ3v) is 7.55. The zero-order chi connectivity index (χ0) is 25.2. The van der Waals surface area contributed by atoms with E-state index in [0.717, 1.165) is 51.1 Å². The first-order valence-corrected chi connectivity index (χ1v) is 12.9. The van der Waals surface area contributed by atoms with E-state index in [4.69, 9.17) is 0 Å². The van der Waals surface area contributed by atoms with Gasteiger partial charge in [-0.05, 0) is 43.0 Å². The van der Waals surface area contributed by atoms with Crippen molar-refractivity contribution in [2.45, 2.75) is 31.8 Å². The van der Waals surface area contributed by atoms with Gasteiger partial charge in [0.1, 0.15) is 12.6 Å². The molecule has 0 bridgehead atoms. The molecule has 3 aliphatic heterocycles. The lowest BCUT2D eigenvalue weighted by Crippen LogP contribution is -2.58. The Morgan fingerprint density at radius 1 is 0.917 bits per heavy atom. The number of amides is 3. The van der Waals surface area contributed by atoms with Crippen LogP contribution in [0.3, 0.4) is 0 Å². The van der Waals surface area contributed by atoms with E-state index in [1.54, 1.807) is 25.1 Å². The van der Waals surface area contributed by atoms with Crippen molar-refractivity contribution in [1.82, 2.24) is 14.7 Å². The maximum atomic E-state index is 13.6. The van der Waals surface area contributed by atoms with Crippen LogP contribution in [0.5, 0.6) is 0 Å². The lowest BCUT2D eigenvalue weighted by atomic mass is 9.95. The van der Waals surface area contributed by atoms with Gasteiger partial charge in [0.2, 0.25) is 11.8 Å². The Balaban J connectivity index is 1.32. The van der Waals surface area contributed by atoms with Crippen molar-refractivity contribution in [2.24, 2.45) is 0 Å². The van der Waals surface area contributed by atoms with Gasteiger partial charge in [-0.1, -0.05) is 30.3 Å². The molecule has 1 unspecified atom stereocenters. The second-order valence-corrected chi connectivity index (χ2v) is 10.2. The summed E-state index contributed by atoms with van der Waals surface area (Å²) in [6.45, 7) is 4.61. The van der Waals surface area contributed by atoms with Gasteiger partial charge in [0, 0.05) is 58.9 Å². The van der Waals surface area contributed by atoms with Crippen molar-refractivity contribution in [2.75, 3.05) is 63.2 Å². The molecule has 0 aliphatic carbocycles. The van der Waals surface area contributed by atoms with E-state index in [-0.39, 0.29) is 30.3 Å². The largest absolute Gasteiger partial charge is 0.358 e. The van der Waals surface area contributed by atoms with Crippen LogP contribution in [0.1, 0.15) is 35.2 Å². The van der Waals surface area contributed by atoms with Crippen LogP contribution in [0.25, 0.3) is 0 Å². The fourth-order valence-corrected chi connectivity index (χ4v) is 5.54. The summed E-state index contributed by atoms with van der Waals surface area (Å²) in [7, 11) is 3.43. The van der Waals surface area contributed by atoms with Crippen molar-refractivity contribution >= 4 is 29.1 Å². The molecule has 8 heteroatoms. The highest BCUT2D eigenvalue weighted by Crippen LogP contribution is 2.40. The van der Waals surface area contributed by atoms with E-state index in [1.807, 2.05) is 35.2 Å². The topological polar surface area (TPSA) is 67.4 Å².